The molecule has 1 heterocycles. The highest BCUT2D eigenvalue weighted by Gasteiger charge is 2.24. The molecule has 7 nitrogen and oxygen atoms in total. The van der Waals surface area contributed by atoms with E-state index < -0.39 is 4.92 Å². The van der Waals surface area contributed by atoms with E-state index in [1.54, 1.807) is 18.5 Å². The second-order valence-electron chi connectivity index (χ2n) is 4.27. The molecule has 0 fully saturated rings. The standard InChI is InChI=1S/C11H20N4O3/c1-4-14-11(12-7-5-6-8(2)16)10(15(17)18)9(3)13-14/h8,12,16H,4-7H2,1-3H3. The molecule has 0 bridgehead atoms. The van der Waals surface area contributed by atoms with Gasteiger partial charge >= 0.3 is 5.69 Å². The van der Waals surface area contributed by atoms with Crippen LogP contribution in [0.25, 0.3) is 0 Å². The van der Waals surface area contributed by atoms with Gasteiger partial charge in [0.25, 0.3) is 0 Å². The predicted octanol–water partition coefficient (Wildman–Crippen LogP) is 1.69. The highest BCUT2D eigenvalue weighted by atomic mass is 16.6. The molecule has 2 N–H and O–H groups in total. The van der Waals surface area contributed by atoms with Crippen LogP contribution in [0.15, 0.2) is 0 Å². The molecule has 1 rings (SSSR count). The second-order valence-corrected chi connectivity index (χ2v) is 4.27. The van der Waals surface area contributed by atoms with Crippen LogP contribution < -0.4 is 5.32 Å². The molecule has 0 saturated heterocycles. The van der Waals surface area contributed by atoms with Crippen LogP contribution in [-0.4, -0.2) is 32.5 Å². The molecule has 1 atom stereocenters. The fourth-order valence-corrected chi connectivity index (χ4v) is 1.80. The van der Waals surface area contributed by atoms with Crippen molar-refractivity contribution in [1.29, 1.82) is 0 Å². The molecular weight excluding hydrogens is 236 g/mol. The first-order valence-corrected chi connectivity index (χ1v) is 6.11. The topological polar surface area (TPSA) is 93.2 Å². The molecule has 0 saturated carbocycles. The third-order valence-corrected chi connectivity index (χ3v) is 2.67. The lowest BCUT2D eigenvalue weighted by atomic mass is 10.2. The zero-order valence-corrected chi connectivity index (χ0v) is 11.0. The molecule has 1 unspecified atom stereocenters. The number of anilines is 1. The molecule has 0 radical (unpaired) electrons. The minimum Gasteiger partial charge on any atom is -0.393 e. The monoisotopic (exact) mass is 256 g/mol. The summed E-state index contributed by atoms with van der Waals surface area (Å²) in [6.07, 6.45) is 1.07. The van der Waals surface area contributed by atoms with Crippen molar-refractivity contribution in [2.75, 3.05) is 11.9 Å². The third-order valence-electron chi connectivity index (χ3n) is 2.67. The highest BCUT2D eigenvalue weighted by Crippen LogP contribution is 2.27. The van der Waals surface area contributed by atoms with Gasteiger partial charge in [-0.05, 0) is 33.6 Å². The lowest BCUT2D eigenvalue weighted by Crippen LogP contribution is -2.11. The number of aromatic nitrogens is 2. The summed E-state index contributed by atoms with van der Waals surface area (Å²) < 4.78 is 1.59. The molecule has 0 amide bonds. The van der Waals surface area contributed by atoms with E-state index in [4.69, 9.17) is 5.11 Å². The van der Waals surface area contributed by atoms with Crippen LogP contribution in [0, 0.1) is 17.0 Å². The average molecular weight is 256 g/mol. The molecule has 0 spiro atoms. The summed E-state index contributed by atoms with van der Waals surface area (Å²) in [5.74, 6) is 0.450. The SMILES string of the molecule is CCn1nc(C)c([N+](=O)[O-])c1NCCCC(C)O. The number of aryl methyl sites for hydroxylation is 2. The normalized spacial score (nSPS) is 12.4. The third kappa shape index (κ3) is 3.43. The van der Waals surface area contributed by atoms with Gasteiger partial charge in [0.2, 0.25) is 5.82 Å². The second kappa shape index (κ2) is 6.34. The number of aliphatic hydroxyl groups is 1. The van der Waals surface area contributed by atoms with Gasteiger partial charge in [-0.2, -0.15) is 5.10 Å². The van der Waals surface area contributed by atoms with Gasteiger partial charge in [-0.15, -0.1) is 0 Å². The molecule has 7 heteroatoms. The van der Waals surface area contributed by atoms with Crippen molar-refractivity contribution in [3.63, 3.8) is 0 Å². The Balaban J connectivity index is 2.76. The summed E-state index contributed by atoms with van der Waals surface area (Å²) in [4.78, 5) is 10.6. The number of nitrogens with one attached hydrogen (secondary N) is 1. The lowest BCUT2D eigenvalue weighted by Gasteiger charge is -2.08. The van der Waals surface area contributed by atoms with Crippen molar-refractivity contribution in [1.82, 2.24) is 9.78 Å². The van der Waals surface area contributed by atoms with Crippen molar-refractivity contribution in [2.24, 2.45) is 0 Å². The van der Waals surface area contributed by atoms with Gasteiger partial charge in [0.1, 0.15) is 5.69 Å². The average Bonchev–Trinajstić information content (AvgIpc) is 2.60. The first kappa shape index (κ1) is 14.4. The Kier molecular flexibility index (Phi) is 5.08. The summed E-state index contributed by atoms with van der Waals surface area (Å²) in [5, 5.41) is 27.3. The lowest BCUT2D eigenvalue weighted by molar-refractivity contribution is -0.384. The largest absolute Gasteiger partial charge is 0.393 e. The fraction of sp³-hybridized carbons (Fsp3) is 0.727. The van der Waals surface area contributed by atoms with Crippen LogP contribution in [0.2, 0.25) is 0 Å². The van der Waals surface area contributed by atoms with Gasteiger partial charge < -0.3 is 10.4 Å². The summed E-state index contributed by atoms with van der Waals surface area (Å²) in [5.41, 5.74) is 0.453. The van der Waals surface area contributed by atoms with E-state index in [1.165, 1.54) is 0 Å². The molecule has 0 aliphatic rings. The van der Waals surface area contributed by atoms with E-state index in [0.29, 0.717) is 31.0 Å². The van der Waals surface area contributed by atoms with Crippen LogP contribution in [-0.2, 0) is 6.54 Å². The van der Waals surface area contributed by atoms with Crippen LogP contribution in [0.3, 0.4) is 0 Å². The Morgan fingerprint density at radius 1 is 1.61 bits per heavy atom. The highest BCUT2D eigenvalue weighted by molar-refractivity contribution is 5.59. The molecule has 0 aliphatic carbocycles. The number of hydrogen-bond acceptors (Lipinski definition) is 5. The zero-order valence-electron chi connectivity index (χ0n) is 11.0. The van der Waals surface area contributed by atoms with E-state index in [1.807, 2.05) is 6.92 Å². The first-order valence-electron chi connectivity index (χ1n) is 6.11. The van der Waals surface area contributed by atoms with E-state index in [-0.39, 0.29) is 11.8 Å². The minimum absolute atomic E-state index is 0.0360. The summed E-state index contributed by atoms with van der Waals surface area (Å²) in [6.45, 7) is 6.40. The Labute approximate surface area is 106 Å². The maximum atomic E-state index is 11.0. The number of aliphatic hydroxyl groups excluding tert-OH is 1. The van der Waals surface area contributed by atoms with Crippen LogP contribution >= 0.6 is 0 Å². The van der Waals surface area contributed by atoms with Crippen molar-refractivity contribution in [3.8, 4) is 0 Å². The van der Waals surface area contributed by atoms with Crippen molar-refractivity contribution >= 4 is 11.5 Å². The van der Waals surface area contributed by atoms with E-state index in [2.05, 4.69) is 10.4 Å². The van der Waals surface area contributed by atoms with Gasteiger partial charge in [0, 0.05) is 13.1 Å². The number of rotatable bonds is 7. The van der Waals surface area contributed by atoms with Crippen molar-refractivity contribution in [2.45, 2.75) is 46.3 Å². The smallest absolute Gasteiger partial charge is 0.333 e. The van der Waals surface area contributed by atoms with Gasteiger partial charge in [-0.3, -0.25) is 10.1 Å². The first-order chi connectivity index (χ1) is 8.47. The molecule has 0 aliphatic heterocycles. The van der Waals surface area contributed by atoms with Crippen molar-refractivity contribution < 1.29 is 10.0 Å². The molecule has 1 aromatic heterocycles. The number of nitrogens with zero attached hydrogens (tertiary/aromatic N) is 3. The van der Waals surface area contributed by atoms with E-state index in [0.717, 1.165) is 6.42 Å². The number of nitro groups is 1. The van der Waals surface area contributed by atoms with E-state index >= 15 is 0 Å². The van der Waals surface area contributed by atoms with Gasteiger partial charge in [-0.1, -0.05) is 0 Å². The molecular formula is C11H20N4O3. The Bertz CT molecular complexity index is 415. The van der Waals surface area contributed by atoms with Crippen LogP contribution in [0.4, 0.5) is 11.5 Å². The predicted molar refractivity (Wildman–Crippen MR) is 68.7 cm³/mol. The molecule has 18 heavy (non-hydrogen) atoms. The fourth-order valence-electron chi connectivity index (χ4n) is 1.80. The Morgan fingerprint density at radius 3 is 2.78 bits per heavy atom. The summed E-state index contributed by atoms with van der Waals surface area (Å²) >= 11 is 0. The van der Waals surface area contributed by atoms with Crippen molar-refractivity contribution in [3.05, 3.63) is 15.8 Å². The Hall–Kier alpha value is -1.63. The minimum atomic E-state index is -0.411. The molecule has 1 aromatic rings. The van der Waals surface area contributed by atoms with Gasteiger partial charge in [0.05, 0.1) is 11.0 Å². The maximum Gasteiger partial charge on any atom is 0.333 e. The van der Waals surface area contributed by atoms with Crippen LogP contribution in [0.5, 0.6) is 0 Å². The van der Waals surface area contributed by atoms with E-state index in [9.17, 15) is 10.1 Å². The maximum absolute atomic E-state index is 11.0. The van der Waals surface area contributed by atoms with Gasteiger partial charge in [0.15, 0.2) is 0 Å². The van der Waals surface area contributed by atoms with Crippen LogP contribution in [0.1, 0.15) is 32.4 Å². The van der Waals surface area contributed by atoms with Gasteiger partial charge in [-0.25, -0.2) is 4.68 Å². The molecule has 0 aromatic carbocycles. The summed E-state index contributed by atoms with van der Waals surface area (Å²) in [7, 11) is 0. The number of hydrogen-bond donors (Lipinski definition) is 2. The Morgan fingerprint density at radius 2 is 2.28 bits per heavy atom. The summed E-state index contributed by atoms with van der Waals surface area (Å²) in [6, 6.07) is 0. The molecule has 102 valence electrons. The quantitative estimate of drug-likeness (QED) is 0.440. The zero-order chi connectivity index (χ0) is 13.7.